The second-order valence-electron chi connectivity index (χ2n) is 5.49. The standard InChI is InChI=1S/C13H20N2O2/c1-9-6-7-11(15(16)17)8-12(9)14-10(2)13(3,4)5/h6-8,10,14H,1-5H3. The van der Waals surface area contributed by atoms with E-state index in [9.17, 15) is 10.1 Å². The Morgan fingerprint density at radius 2 is 1.94 bits per heavy atom. The van der Waals surface area contributed by atoms with E-state index in [0.29, 0.717) is 0 Å². The third-order valence-corrected chi connectivity index (χ3v) is 3.10. The van der Waals surface area contributed by atoms with Crippen LogP contribution in [0.1, 0.15) is 33.3 Å². The van der Waals surface area contributed by atoms with Gasteiger partial charge in [0.05, 0.1) is 4.92 Å². The molecule has 0 amide bonds. The lowest BCUT2D eigenvalue weighted by atomic mass is 9.88. The molecule has 1 rings (SSSR count). The van der Waals surface area contributed by atoms with Gasteiger partial charge in [-0.25, -0.2) is 0 Å². The van der Waals surface area contributed by atoms with Crippen LogP contribution in [-0.2, 0) is 0 Å². The van der Waals surface area contributed by atoms with Gasteiger partial charge in [0.2, 0.25) is 0 Å². The number of non-ortho nitro benzene ring substituents is 1. The number of hydrogen-bond acceptors (Lipinski definition) is 3. The van der Waals surface area contributed by atoms with E-state index >= 15 is 0 Å². The third kappa shape index (κ3) is 3.44. The Morgan fingerprint density at radius 1 is 1.35 bits per heavy atom. The highest BCUT2D eigenvalue weighted by Gasteiger charge is 2.20. The van der Waals surface area contributed by atoms with Crippen molar-refractivity contribution in [2.45, 2.75) is 40.7 Å². The number of nitro benzene ring substituents is 1. The van der Waals surface area contributed by atoms with Gasteiger partial charge in [-0.05, 0) is 24.8 Å². The second-order valence-corrected chi connectivity index (χ2v) is 5.49. The maximum atomic E-state index is 10.7. The van der Waals surface area contributed by atoms with Crippen LogP contribution in [0.3, 0.4) is 0 Å². The van der Waals surface area contributed by atoms with Crippen molar-refractivity contribution in [1.29, 1.82) is 0 Å². The van der Waals surface area contributed by atoms with E-state index in [1.807, 2.05) is 6.92 Å². The molecule has 17 heavy (non-hydrogen) atoms. The molecule has 1 N–H and O–H groups in total. The van der Waals surface area contributed by atoms with Gasteiger partial charge in [0.15, 0.2) is 0 Å². The van der Waals surface area contributed by atoms with Gasteiger partial charge < -0.3 is 5.32 Å². The Bertz CT molecular complexity index is 422. The minimum absolute atomic E-state index is 0.108. The van der Waals surface area contributed by atoms with Crippen LogP contribution in [-0.4, -0.2) is 11.0 Å². The molecule has 0 spiro atoms. The first-order valence-corrected chi connectivity index (χ1v) is 5.73. The molecule has 0 fully saturated rings. The molecule has 0 aliphatic rings. The molecule has 0 aliphatic carbocycles. The zero-order chi connectivity index (χ0) is 13.2. The van der Waals surface area contributed by atoms with Crippen LogP contribution in [0.25, 0.3) is 0 Å². The molecule has 0 bridgehead atoms. The molecule has 0 saturated heterocycles. The number of nitrogens with one attached hydrogen (secondary N) is 1. The quantitative estimate of drug-likeness (QED) is 0.642. The van der Waals surface area contributed by atoms with Crippen LogP contribution in [0.2, 0.25) is 0 Å². The van der Waals surface area contributed by atoms with E-state index in [2.05, 4.69) is 33.0 Å². The lowest BCUT2D eigenvalue weighted by Gasteiger charge is -2.29. The molecule has 1 aromatic rings. The van der Waals surface area contributed by atoms with Crippen LogP contribution in [0.4, 0.5) is 11.4 Å². The van der Waals surface area contributed by atoms with Crippen molar-refractivity contribution in [2.24, 2.45) is 5.41 Å². The van der Waals surface area contributed by atoms with Crippen molar-refractivity contribution in [3.63, 3.8) is 0 Å². The van der Waals surface area contributed by atoms with Crippen LogP contribution in [0.5, 0.6) is 0 Å². The smallest absolute Gasteiger partial charge is 0.271 e. The van der Waals surface area contributed by atoms with Gasteiger partial charge in [-0.1, -0.05) is 26.8 Å². The zero-order valence-corrected chi connectivity index (χ0v) is 11.1. The molecule has 4 nitrogen and oxygen atoms in total. The van der Waals surface area contributed by atoms with Crippen molar-refractivity contribution in [1.82, 2.24) is 0 Å². The van der Waals surface area contributed by atoms with Crippen molar-refractivity contribution in [3.8, 4) is 0 Å². The van der Waals surface area contributed by atoms with E-state index in [4.69, 9.17) is 0 Å². The van der Waals surface area contributed by atoms with Crippen LogP contribution in [0, 0.1) is 22.5 Å². The Balaban J connectivity index is 2.98. The van der Waals surface area contributed by atoms with Gasteiger partial charge in [0, 0.05) is 23.9 Å². The lowest BCUT2D eigenvalue weighted by molar-refractivity contribution is -0.384. The molecular formula is C13H20N2O2. The van der Waals surface area contributed by atoms with Crippen molar-refractivity contribution in [3.05, 3.63) is 33.9 Å². The molecule has 4 heteroatoms. The van der Waals surface area contributed by atoms with Crippen molar-refractivity contribution in [2.75, 3.05) is 5.32 Å². The molecule has 0 saturated carbocycles. The fourth-order valence-electron chi connectivity index (χ4n) is 1.33. The first kappa shape index (κ1) is 13.5. The Morgan fingerprint density at radius 3 is 2.41 bits per heavy atom. The summed E-state index contributed by atoms with van der Waals surface area (Å²) in [7, 11) is 0. The summed E-state index contributed by atoms with van der Waals surface area (Å²) in [5.74, 6) is 0. The molecule has 1 unspecified atom stereocenters. The Hall–Kier alpha value is -1.58. The molecular weight excluding hydrogens is 216 g/mol. The number of rotatable bonds is 3. The highest BCUT2D eigenvalue weighted by atomic mass is 16.6. The Kier molecular flexibility index (Phi) is 3.76. The van der Waals surface area contributed by atoms with Gasteiger partial charge in [-0.3, -0.25) is 10.1 Å². The van der Waals surface area contributed by atoms with Crippen LogP contribution < -0.4 is 5.32 Å². The van der Waals surface area contributed by atoms with Gasteiger partial charge in [0.25, 0.3) is 5.69 Å². The largest absolute Gasteiger partial charge is 0.382 e. The van der Waals surface area contributed by atoms with Gasteiger partial charge in [0.1, 0.15) is 0 Å². The third-order valence-electron chi connectivity index (χ3n) is 3.10. The van der Waals surface area contributed by atoms with E-state index in [1.165, 1.54) is 6.07 Å². The van der Waals surface area contributed by atoms with Gasteiger partial charge >= 0.3 is 0 Å². The van der Waals surface area contributed by atoms with Crippen LogP contribution >= 0.6 is 0 Å². The summed E-state index contributed by atoms with van der Waals surface area (Å²) in [5, 5.41) is 14.1. The molecule has 0 radical (unpaired) electrons. The number of aryl methyl sites for hydroxylation is 1. The molecule has 0 heterocycles. The van der Waals surface area contributed by atoms with Gasteiger partial charge in [-0.2, -0.15) is 0 Å². The van der Waals surface area contributed by atoms with E-state index < -0.39 is 0 Å². The normalized spacial score (nSPS) is 13.2. The maximum absolute atomic E-state index is 10.7. The predicted octanol–water partition coefficient (Wildman–Crippen LogP) is 3.75. The highest BCUT2D eigenvalue weighted by Crippen LogP contribution is 2.27. The summed E-state index contributed by atoms with van der Waals surface area (Å²) in [4.78, 5) is 10.4. The topological polar surface area (TPSA) is 55.2 Å². The lowest BCUT2D eigenvalue weighted by Crippen LogP contribution is -2.31. The summed E-state index contributed by atoms with van der Waals surface area (Å²) in [5.41, 5.74) is 2.09. The minimum Gasteiger partial charge on any atom is -0.382 e. The molecule has 0 aliphatic heterocycles. The summed E-state index contributed by atoms with van der Waals surface area (Å²) in [6, 6.07) is 5.14. The van der Waals surface area contributed by atoms with E-state index in [1.54, 1.807) is 12.1 Å². The SMILES string of the molecule is Cc1ccc([N+](=O)[O-])cc1NC(C)C(C)(C)C. The van der Waals surface area contributed by atoms with E-state index in [0.717, 1.165) is 11.3 Å². The molecule has 1 aromatic carbocycles. The Labute approximate surface area is 102 Å². The molecule has 0 aromatic heterocycles. The summed E-state index contributed by atoms with van der Waals surface area (Å²) in [6.45, 7) is 10.4. The zero-order valence-electron chi connectivity index (χ0n) is 11.1. The number of hydrogen-bond donors (Lipinski definition) is 1. The average molecular weight is 236 g/mol. The first-order valence-electron chi connectivity index (χ1n) is 5.73. The molecule has 1 atom stereocenters. The fourth-order valence-corrected chi connectivity index (χ4v) is 1.33. The number of nitro groups is 1. The second kappa shape index (κ2) is 4.73. The fraction of sp³-hybridized carbons (Fsp3) is 0.538. The van der Waals surface area contributed by atoms with Crippen molar-refractivity contribution < 1.29 is 4.92 Å². The van der Waals surface area contributed by atoms with Crippen molar-refractivity contribution >= 4 is 11.4 Å². The summed E-state index contributed by atoms with van der Waals surface area (Å²) >= 11 is 0. The number of benzene rings is 1. The highest BCUT2D eigenvalue weighted by molar-refractivity contribution is 5.57. The first-order chi connectivity index (χ1) is 7.71. The minimum atomic E-state index is -0.369. The number of anilines is 1. The van der Waals surface area contributed by atoms with Gasteiger partial charge in [-0.15, -0.1) is 0 Å². The maximum Gasteiger partial charge on any atom is 0.271 e. The van der Waals surface area contributed by atoms with Crippen LogP contribution in [0.15, 0.2) is 18.2 Å². The predicted molar refractivity (Wildman–Crippen MR) is 70.4 cm³/mol. The summed E-state index contributed by atoms with van der Waals surface area (Å²) in [6.07, 6.45) is 0. The monoisotopic (exact) mass is 236 g/mol. The molecule has 94 valence electrons. The van der Waals surface area contributed by atoms with E-state index in [-0.39, 0.29) is 22.1 Å². The average Bonchev–Trinajstić information content (AvgIpc) is 2.19. The summed E-state index contributed by atoms with van der Waals surface area (Å²) < 4.78 is 0. The number of nitrogens with zero attached hydrogens (tertiary/aromatic N) is 1.